The van der Waals surface area contributed by atoms with Crippen molar-refractivity contribution in [2.75, 3.05) is 5.32 Å². The van der Waals surface area contributed by atoms with Crippen molar-refractivity contribution in [3.63, 3.8) is 0 Å². The van der Waals surface area contributed by atoms with Crippen LogP contribution >= 0.6 is 0 Å². The number of nitrogens with one attached hydrogen (secondary N) is 1. The van der Waals surface area contributed by atoms with Crippen LogP contribution in [0, 0.1) is 0 Å². The Kier molecular flexibility index (Phi) is 8.29. The van der Waals surface area contributed by atoms with E-state index in [9.17, 15) is 18.4 Å². The summed E-state index contributed by atoms with van der Waals surface area (Å²) in [7, 11) is 0. The highest BCUT2D eigenvalue weighted by Crippen LogP contribution is 2.34. The van der Waals surface area contributed by atoms with Gasteiger partial charge < -0.3 is 19.9 Å². The van der Waals surface area contributed by atoms with Gasteiger partial charge in [-0.3, -0.25) is 4.79 Å². The Bertz CT molecular complexity index is 1330. The molecule has 0 saturated heterocycles. The number of para-hydroxylation sites is 3. The summed E-state index contributed by atoms with van der Waals surface area (Å²) in [6.07, 6.45) is 0. The predicted octanol–water partition coefficient (Wildman–Crippen LogP) is 6.61. The zero-order chi connectivity index (χ0) is 25.4. The summed E-state index contributed by atoms with van der Waals surface area (Å²) in [6, 6.07) is 20.0. The molecule has 0 atom stereocenters. The zero-order valence-electron chi connectivity index (χ0n) is 18.9. The molecule has 1 heterocycles. The molecule has 35 heavy (non-hydrogen) atoms. The number of carboxylic acid groups (broad SMARTS) is 1. The quantitative estimate of drug-likeness (QED) is 0.309. The van der Waals surface area contributed by atoms with Crippen molar-refractivity contribution in [1.29, 1.82) is 0 Å². The second-order valence-corrected chi connectivity index (χ2v) is 6.80. The van der Waals surface area contributed by atoms with Crippen LogP contribution in [0.4, 0.5) is 14.5 Å². The number of pyridine rings is 1. The average molecular weight is 480 g/mol. The summed E-state index contributed by atoms with van der Waals surface area (Å²) in [6.45, 7) is 0.941. The van der Waals surface area contributed by atoms with Crippen molar-refractivity contribution >= 4 is 28.5 Å². The average Bonchev–Trinajstić information content (AvgIpc) is 2.86. The lowest BCUT2D eigenvalue weighted by molar-refractivity contribution is -0.0510. The highest BCUT2D eigenvalue weighted by molar-refractivity contribution is 6.08. The van der Waals surface area contributed by atoms with Crippen molar-refractivity contribution in [3.05, 3.63) is 90.0 Å². The van der Waals surface area contributed by atoms with E-state index < -0.39 is 18.5 Å². The van der Waals surface area contributed by atoms with Crippen LogP contribution in [-0.2, 0) is 0 Å². The van der Waals surface area contributed by atoms with Crippen LogP contribution in [0.1, 0.15) is 34.6 Å². The molecule has 0 unspecified atom stereocenters. The Morgan fingerprint density at radius 3 is 2.20 bits per heavy atom. The number of rotatable bonds is 7. The van der Waals surface area contributed by atoms with Crippen LogP contribution in [0.25, 0.3) is 10.9 Å². The lowest BCUT2D eigenvalue weighted by Crippen LogP contribution is -2.14. The number of alkyl halides is 2. The fourth-order valence-corrected chi connectivity index (χ4v) is 3.07. The van der Waals surface area contributed by atoms with E-state index in [4.69, 9.17) is 9.84 Å². The normalized spacial score (nSPS) is 10.3. The van der Waals surface area contributed by atoms with Crippen LogP contribution in [0.3, 0.4) is 0 Å². The van der Waals surface area contributed by atoms with Crippen molar-refractivity contribution in [1.82, 2.24) is 4.98 Å². The molecule has 4 aromatic rings. The van der Waals surface area contributed by atoms with Gasteiger partial charge in [-0.15, -0.1) is 0 Å². The molecule has 2 N–H and O–H groups in total. The first kappa shape index (κ1) is 25.1. The summed E-state index contributed by atoms with van der Waals surface area (Å²) in [5, 5.41) is 12.3. The summed E-state index contributed by atoms with van der Waals surface area (Å²) in [4.78, 5) is 28.5. The molecule has 0 bridgehead atoms. The minimum Gasteiger partial charge on any atom is -0.478 e. The number of halogens is 2. The van der Waals surface area contributed by atoms with Crippen molar-refractivity contribution in [2.24, 2.45) is 0 Å². The van der Waals surface area contributed by atoms with Gasteiger partial charge in [-0.2, -0.15) is 8.78 Å². The van der Waals surface area contributed by atoms with Crippen LogP contribution in [0.5, 0.6) is 17.4 Å². The third-order valence-corrected chi connectivity index (χ3v) is 4.60. The first-order valence-electron chi connectivity index (χ1n) is 10.7. The van der Waals surface area contributed by atoms with Gasteiger partial charge >= 0.3 is 12.6 Å². The maximum atomic E-state index is 13.1. The topological polar surface area (TPSA) is 97.8 Å². The van der Waals surface area contributed by atoms with E-state index in [-0.39, 0.29) is 28.5 Å². The van der Waals surface area contributed by atoms with Crippen LogP contribution < -0.4 is 14.8 Å². The SMILES string of the molecule is CC.O=C(O)c1ccc(NC(=O)c2cc3ccccc3nc2Oc2ccccc2OC(F)F)cc1. The molecule has 0 spiro atoms. The number of aromatic carboxylic acids is 1. The Morgan fingerprint density at radius 1 is 0.914 bits per heavy atom. The van der Waals surface area contributed by atoms with E-state index in [1.54, 1.807) is 36.4 Å². The number of aromatic nitrogens is 1. The first-order chi connectivity index (χ1) is 16.9. The fraction of sp³-hybridized carbons (Fsp3) is 0.115. The number of anilines is 1. The Morgan fingerprint density at radius 2 is 1.54 bits per heavy atom. The number of carboxylic acids is 1. The number of carbonyl (C=O) groups excluding carboxylic acids is 1. The van der Waals surface area contributed by atoms with E-state index in [0.29, 0.717) is 16.6 Å². The third-order valence-electron chi connectivity index (χ3n) is 4.60. The molecule has 7 nitrogen and oxygen atoms in total. The molecule has 4 rings (SSSR count). The molecular formula is C26H22F2N2O5. The first-order valence-corrected chi connectivity index (χ1v) is 10.7. The van der Waals surface area contributed by atoms with Crippen molar-refractivity contribution in [2.45, 2.75) is 20.5 Å². The number of fused-ring (bicyclic) bond motifs is 1. The number of amides is 1. The summed E-state index contributed by atoms with van der Waals surface area (Å²) in [5.41, 5.74) is 0.996. The van der Waals surface area contributed by atoms with E-state index >= 15 is 0 Å². The highest BCUT2D eigenvalue weighted by Gasteiger charge is 2.19. The molecule has 1 amide bonds. The molecule has 0 aliphatic carbocycles. The standard InChI is InChI=1S/C24H16F2N2O5.C2H6/c25-24(26)33-20-8-4-3-7-19(20)32-22-17(13-15-5-1-2-6-18(15)28-22)21(29)27-16-11-9-14(10-12-16)23(30)31;1-2/h1-13,24H,(H,27,29)(H,30,31);1-2H3. The maximum absolute atomic E-state index is 13.1. The fourth-order valence-electron chi connectivity index (χ4n) is 3.07. The largest absolute Gasteiger partial charge is 0.478 e. The molecule has 180 valence electrons. The van der Waals surface area contributed by atoms with E-state index in [1.165, 1.54) is 42.5 Å². The smallest absolute Gasteiger partial charge is 0.387 e. The Balaban J connectivity index is 0.00000167. The molecule has 1 aromatic heterocycles. The van der Waals surface area contributed by atoms with E-state index in [1.807, 2.05) is 13.8 Å². The second kappa shape index (κ2) is 11.6. The summed E-state index contributed by atoms with van der Waals surface area (Å²) >= 11 is 0. The van der Waals surface area contributed by atoms with Gasteiger partial charge in [-0.1, -0.05) is 44.2 Å². The van der Waals surface area contributed by atoms with Crippen LogP contribution in [0.2, 0.25) is 0 Å². The lowest BCUT2D eigenvalue weighted by atomic mass is 10.1. The Labute approximate surface area is 200 Å². The van der Waals surface area contributed by atoms with Crippen LogP contribution in [-0.4, -0.2) is 28.6 Å². The van der Waals surface area contributed by atoms with Gasteiger partial charge in [0.15, 0.2) is 11.5 Å². The maximum Gasteiger partial charge on any atom is 0.387 e. The molecule has 9 heteroatoms. The number of hydrogen-bond acceptors (Lipinski definition) is 5. The van der Waals surface area contributed by atoms with Gasteiger partial charge in [0, 0.05) is 11.1 Å². The van der Waals surface area contributed by atoms with Gasteiger partial charge in [0.25, 0.3) is 5.91 Å². The molecule has 0 radical (unpaired) electrons. The van der Waals surface area contributed by atoms with Gasteiger partial charge in [0.1, 0.15) is 5.56 Å². The molecular weight excluding hydrogens is 458 g/mol. The molecule has 0 saturated carbocycles. The number of nitrogens with zero attached hydrogens (tertiary/aromatic N) is 1. The Hall–Kier alpha value is -4.53. The third kappa shape index (κ3) is 6.29. The number of carbonyl (C=O) groups is 2. The lowest BCUT2D eigenvalue weighted by Gasteiger charge is -2.14. The van der Waals surface area contributed by atoms with Gasteiger partial charge in [0.2, 0.25) is 5.88 Å². The van der Waals surface area contributed by atoms with E-state index in [2.05, 4.69) is 15.0 Å². The second-order valence-electron chi connectivity index (χ2n) is 6.80. The summed E-state index contributed by atoms with van der Waals surface area (Å²) in [5.74, 6) is -2.04. The summed E-state index contributed by atoms with van der Waals surface area (Å²) < 4.78 is 35.8. The predicted molar refractivity (Wildman–Crippen MR) is 128 cm³/mol. The van der Waals surface area contributed by atoms with Gasteiger partial charge in [0.05, 0.1) is 11.1 Å². The van der Waals surface area contributed by atoms with Crippen LogP contribution in [0.15, 0.2) is 78.9 Å². The number of ether oxygens (including phenoxy) is 2. The zero-order valence-corrected chi connectivity index (χ0v) is 18.9. The van der Waals surface area contributed by atoms with Gasteiger partial charge in [-0.05, 0) is 48.5 Å². The van der Waals surface area contributed by atoms with Crippen molar-refractivity contribution < 1.29 is 33.0 Å². The minimum atomic E-state index is -3.06. The number of hydrogen-bond donors (Lipinski definition) is 2. The molecule has 3 aromatic carbocycles. The molecule has 0 aliphatic heterocycles. The molecule has 0 aliphatic rings. The monoisotopic (exact) mass is 480 g/mol. The van der Waals surface area contributed by atoms with Crippen molar-refractivity contribution in [3.8, 4) is 17.4 Å². The van der Waals surface area contributed by atoms with Gasteiger partial charge in [-0.25, -0.2) is 9.78 Å². The minimum absolute atomic E-state index is 0.0413. The highest BCUT2D eigenvalue weighted by atomic mass is 19.3. The van der Waals surface area contributed by atoms with E-state index in [0.717, 1.165) is 0 Å². The molecule has 0 fully saturated rings. The number of benzene rings is 3.